The Balaban J connectivity index is 2.03. The highest BCUT2D eigenvalue weighted by Gasteiger charge is 2.45. The lowest BCUT2D eigenvalue weighted by Crippen LogP contribution is -2.43. The summed E-state index contributed by atoms with van der Waals surface area (Å²) in [5, 5.41) is 16.8. The molecule has 1 aromatic heterocycles. The van der Waals surface area contributed by atoms with Crippen molar-refractivity contribution in [1.29, 1.82) is 0 Å². The van der Waals surface area contributed by atoms with E-state index in [-0.39, 0.29) is 5.91 Å². The van der Waals surface area contributed by atoms with Gasteiger partial charge in [0.25, 0.3) is 5.91 Å². The van der Waals surface area contributed by atoms with E-state index >= 15 is 0 Å². The van der Waals surface area contributed by atoms with Crippen LogP contribution in [-0.4, -0.2) is 26.7 Å². The highest BCUT2D eigenvalue weighted by molar-refractivity contribution is 5.98. The second-order valence-corrected chi connectivity index (χ2v) is 5.74. The monoisotopic (exact) mass is 309 g/mol. The number of hydrogen-bond acceptors (Lipinski definition) is 4. The van der Waals surface area contributed by atoms with Gasteiger partial charge < -0.3 is 5.11 Å². The van der Waals surface area contributed by atoms with Gasteiger partial charge in [0.1, 0.15) is 0 Å². The van der Waals surface area contributed by atoms with Gasteiger partial charge in [-0.25, -0.2) is 0 Å². The van der Waals surface area contributed by atoms with Crippen molar-refractivity contribution >= 4 is 11.6 Å². The molecule has 1 aliphatic rings. The maximum Gasteiger partial charge on any atom is 0.276 e. The normalized spacial score (nSPS) is 20.5. The fourth-order valence-corrected chi connectivity index (χ4v) is 2.77. The SMILES string of the molecule is CCC1=NN(C(=O)c2cccc(C)c2)[C@@](O)(c2ccncc2)C1. The van der Waals surface area contributed by atoms with Gasteiger partial charge in [-0.1, -0.05) is 24.6 Å². The Morgan fingerprint density at radius 3 is 2.70 bits per heavy atom. The number of carbonyl (C=O) groups excluding carboxylic acids is 1. The molecule has 1 atom stereocenters. The number of benzene rings is 1. The molecule has 0 bridgehead atoms. The van der Waals surface area contributed by atoms with Crippen LogP contribution in [0.25, 0.3) is 0 Å². The van der Waals surface area contributed by atoms with E-state index in [1.165, 1.54) is 5.01 Å². The summed E-state index contributed by atoms with van der Waals surface area (Å²) in [6.45, 7) is 3.89. The van der Waals surface area contributed by atoms with Crippen LogP contribution in [0.5, 0.6) is 0 Å². The number of amides is 1. The molecule has 0 fully saturated rings. The summed E-state index contributed by atoms with van der Waals surface area (Å²) in [7, 11) is 0. The second kappa shape index (κ2) is 5.93. The van der Waals surface area contributed by atoms with Gasteiger partial charge in [-0.05, 0) is 37.6 Å². The van der Waals surface area contributed by atoms with E-state index in [4.69, 9.17) is 0 Å². The third-order valence-electron chi connectivity index (χ3n) is 4.05. The minimum absolute atomic E-state index is 0.309. The quantitative estimate of drug-likeness (QED) is 0.948. The van der Waals surface area contributed by atoms with Gasteiger partial charge in [0, 0.05) is 35.7 Å². The molecule has 1 aromatic carbocycles. The summed E-state index contributed by atoms with van der Waals surface area (Å²) in [6, 6.07) is 10.7. The van der Waals surface area contributed by atoms with Crippen LogP contribution in [0.4, 0.5) is 0 Å². The zero-order valence-electron chi connectivity index (χ0n) is 13.2. The van der Waals surface area contributed by atoms with E-state index in [0.717, 1.165) is 11.3 Å². The third kappa shape index (κ3) is 2.75. The van der Waals surface area contributed by atoms with Crippen LogP contribution >= 0.6 is 0 Å². The van der Waals surface area contributed by atoms with Crippen molar-refractivity contribution in [1.82, 2.24) is 9.99 Å². The van der Waals surface area contributed by atoms with Crippen molar-refractivity contribution in [2.45, 2.75) is 32.4 Å². The summed E-state index contributed by atoms with van der Waals surface area (Å²) >= 11 is 0. The Bertz CT molecular complexity index is 758. The predicted molar refractivity (Wildman–Crippen MR) is 87.8 cm³/mol. The second-order valence-electron chi connectivity index (χ2n) is 5.74. The van der Waals surface area contributed by atoms with E-state index < -0.39 is 5.72 Å². The number of hydrazone groups is 1. The van der Waals surface area contributed by atoms with Crippen LogP contribution in [0.1, 0.15) is 41.3 Å². The predicted octanol–water partition coefficient (Wildman–Crippen LogP) is 2.85. The summed E-state index contributed by atoms with van der Waals surface area (Å²) < 4.78 is 0. The number of rotatable bonds is 3. The zero-order valence-corrected chi connectivity index (χ0v) is 13.2. The molecule has 5 heteroatoms. The van der Waals surface area contributed by atoms with Gasteiger partial charge in [0.05, 0.1) is 0 Å². The molecular formula is C18H19N3O2. The molecule has 0 spiro atoms. The van der Waals surface area contributed by atoms with Crippen molar-refractivity contribution in [3.8, 4) is 0 Å². The Kier molecular flexibility index (Phi) is 3.96. The molecule has 23 heavy (non-hydrogen) atoms. The van der Waals surface area contributed by atoms with E-state index in [2.05, 4.69) is 10.1 Å². The minimum Gasteiger partial charge on any atom is -0.365 e. The van der Waals surface area contributed by atoms with E-state index in [9.17, 15) is 9.90 Å². The zero-order chi connectivity index (χ0) is 16.4. The van der Waals surface area contributed by atoms with Crippen LogP contribution in [0.3, 0.4) is 0 Å². The minimum atomic E-state index is -1.46. The van der Waals surface area contributed by atoms with Gasteiger partial charge in [-0.2, -0.15) is 10.1 Å². The number of carbonyl (C=O) groups is 1. The van der Waals surface area contributed by atoms with Crippen LogP contribution in [0.2, 0.25) is 0 Å². The first kappa shape index (κ1) is 15.4. The maximum absolute atomic E-state index is 12.9. The standard InChI is InChI=1S/C18H19N3O2/c1-3-16-12-18(23,15-7-9-19-10-8-15)21(20-16)17(22)14-6-4-5-13(2)11-14/h4-11,23H,3,12H2,1-2H3/t18-/m0/s1. The maximum atomic E-state index is 12.9. The molecule has 5 nitrogen and oxygen atoms in total. The molecule has 0 saturated carbocycles. The smallest absolute Gasteiger partial charge is 0.276 e. The first-order valence-electron chi connectivity index (χ1n) is 7.65. The highest BCUT2D eigenvalue weighted by atomic mass is 16.3. The molecule has 2 heterocycles. The Hall–Kier alpha value is -2.53. The first-order valence-corrected chi connectivity index (χ1v) is 7.65. The van der Waals surface area contributed by atoms with Crippen LogP contribution in [-0.2, 0) is 5.72 Å². The number of pyridine rings is 1. The molecule has 0 aliphatic carbocycles. The number of aryl methyl sites for hydroxylation is 1. The molecule has 2 aromatic rings. The van der Waals surface area contributed by atoms with Crippen LogP contribution in [0, 0.1) is 6.92 Å². The third-order valence-corrected chi connectivity index (χ3v) is 4.05. The Morgan fingerprint density at radius 1 is 1.30 bits per heavy atom. The molecule has 1 amide bonds. The Morgan fingerprint density at radius 2 is 2.04 bits per heavy atom. The molecule has 118 valence electrons. The van der Waals surface area contributed by atoms with Gasteiger partial charge in [0.15, 0.2) is 5.72 Å². The van der Waals surface area contributed by atoms with Gasteiger partial charge in [0.2, 0.25) is 0 Å². The van der Waals surface area contributed by atoms with Crippen LogP contribution in [0.15, 0.2) is 53.9 Å². The fraction of sp³-hybridized carbons (Fsp3) is 0.278. The fourth-order valence-electron chi connectivity index (χ4n) is 2.77. The van der Waals surface area contributed by atoms with Crippen molar-refractivity contribution in [2.75, 3.05) is 0 Å². The lowest BCUT2D eigenvalue weighted by Gasteiger charge is -2.31. The summed E-state index contributed by atoms with van der Waals surface area (Å²) in [6.07, 6.45) is 4.20. The summed E-state index contributed by atoms with van der Waals surface area (Å²) in [4.78, 5) is 16.9. The largest absolute Gasteiger partial charge is 0.365 e. The van der Waals surface area contributed by atoms with Crippen molar-refractivity contribution in [2.24, 2.45) is 5.10 Å². The molecular weight excluding hydrogens is 290 g/mol. The number of hydrogen-bond donors (Lipinski definition) is 1. The average Bonchev–Trinajstić information content (AvgIpc) is 2.93. The molecule has 1 N–H and O–H groups in total. The number of aliphatic hydroxyl groups is 1. The molecule has 0 unspecified atom stereocenters. The molecule has 0 radical (unpaired) electrons. The lowest BCUT2D eigenvalue weighted by molar-refractivity contribution is -0.0766. The first-order chi connectivity index (χ1) is 11.0. The topological polar surface area (TPSA) is 65.8 Å². The summed E-state index contributed by atoms with van der Waals surface area (Å²) in [5.41, 5.74) is 1.45. The van der Waals surface area contributed by atoms with E-state index in [0.29, 0.717) is 24.0 Å². The van der Waals surface area contributed by atoms with E-state index in [1.54, 1.807) is 36.7 Å². The van der Waals surface area contributed by atoms with Crippen molar-refractivity contribution < 1.29 is 9.90 Å². The van der Waals surface area contributed by atoms with Gasteiger partial charge in [-0.15, -0.1) is 0 Å². The van der Waals surface area contributed by atoms with Crippen LogP contribution < -0.4 is 0 Å². The highest BCUT2D eigenvalue weighted by Crippen LogP contribution is 2.36. The van der Waals surface area contributed by atoms with E-state index in [1.807, 2.05) is 26.0 Å². The van der Waals surface area contributed by atoms with Crippen molar-refractivity contribution in [3.63, 3.8) is 0 Å². The molecule has 0 saturated heterocycles. The van der Waals surface area contributed by atoms with Gasteiger partial charge in [-0.3, -0.25) is 9.78 Å². The number of nitrogens with zero attached hydrogens (tertiary/aromatic N) is 3. The van der Waals surface area contributed by atoms with Gasteiger partial charge >= 0.3 is 0 Å². The molecule has 1 aliphatic heterocycles. The van der Waals surface area contributed by atoms with Crippen molar-refractivity contribution in [3.05, 3.63) is 65.5 Å². The lowest BCUT2D eigenvalue weighted by atomic mass is 9.97. The average molecular weight is 309 g/mol. The number of aromatic nitrogens is 1. The molecule has 3 rings (SSSR count). The summed E-state index contributed by atoms with van der Waals surface area (Å²) in [5.74, 6) is -0.309. The Labute approximate surface area is 135 Å².